The first-order valence-corrected chi connectivity index (χ1v) is 6.12. The maximum Gasteiger partial charge on any atom is 0.285 e. The molecule has 5 nitrogen and oxygen atoms in total. The molecule has 0 saturated carbocycles. The summed E-state index contributed by atoms with van der Waals surface area (Å²) in [5.41, 5.74) is 3.47. The Labute approximate surface area is 116 Å². The highest BCUT2D eigenvalue weighted by Gasteiger charge is 2.02. The molecular weight excluding hydrogens is 320 g/mol. The SMILES string of the molecule is O=c1[nH]ncc(N/N=C/c2ccc(Br)cc2)c1Cl. The third-order valence-corrected chi connectivity index (χ3v) is 2.97. The number of halogens is 2. The lowest BCUT2D eigenvalue weighted by atomic mass is 10.2. The number of nitrogens with one attached hydrogen (secondary N) is 2. The van der Waals surface area contributed by atoms with E-state index in [1.165, 1.54) is 6.20 Å². The monoisotopic (exact) mass is 326 g/mol. The van der Waals surface area contributed by atoms with Gasteiger partial charge in [0, 0.05) is 4.47 Å². The minimum atomic E-state index is -0.458. The van der Waals surface area contributed by atoms with E-state index in [1.54, 1.807) is 6.21 Å². The van der Waals surface area contributed by atoms with E-state index in [1.807, 2.05) is 24.3 Å². The number of hydrogen-bond acceptors (Lipinski definition) is 4. The lowest BCUT2D eigenvalue weighted by Gasteiger charge is -2.00. The highest BCUT2D eigenvalue weighted by atomic mass is 79.9. The molecular formula is C11H8BrClN4O. The van der Waals surface area contributed by atoms with Crippen LogP contribution in [0.3, 0.4) is 0 Å². The molecule has 0 aliphatic carbocycles. The van der Waals surface area contributed by atoms with Gasteiger partial charge in [-0.05, 0) is 17.7 Å². The van der Waals surface area contributed by atoms with Gasteiger partial charge < -0.3 is 0 Å². The molecule has 1 aromatic carbocycles. The Morgan fingerprint density at radius 1 is 1.39 bits per heavy atom. The van der Waals surface area contributed by atoms with Crippen molar-refractivity contribution in [2.24, 2.45) is 5.10 Å². The molecule has 1 heterocycles. The van der Waals surface area contributed by atoms with Crippen molar-refractivity contribution in [1.29, 1.82) is 0 Å². The highest BCUT2D eigenvalue weighted by Crippen LogP contribution is 2.14. The molecule has 0 fully saturated rings. The summed E-state index contributed by atoms with van der Waals surface area (Å²) in [5, 5.41) is 9.84. The smallest absolute Gasteiger partial charge is 0.275 e. The molecule has 0 radical (unpaired) electrons. The summed E-state index contributed by atoms with van der Waals surface area (Å²) in [6.45, 7) is 0. The summed E-state index contributed by atoms with van der Waals surface area (Å²) in [7, 11) is 0. The zero-order valence-electron chi connectivity index (χ0n) is 9.02. The van der Waals surface area contributed by atoms with Crippen LogP contribution in [0.4, 0.5) is 5.69 Å². The van der Waals surface area contributed by atoms with Crippen LogP contribution in [0.15, 0.2) is 44.8 Å². The first kappa shape index (κ1) is 12.8. The molecule has 1 aromatic heterocycles. The average Bonchev–Trinajstić information content (AvgIpc) is 2.37. The Balaban J connectivity index is 2.09. The molecule has 2 N–H and O–H groups in total. The standard InChI is InChI=1S/C11H8BrClN4O/c12-8-3-1-7(2-4-8)5-14-16-9-6-15-17-11(18)10(9)13/h1-6H,(H2,16,17,18)/b14-5+. The molecule has 7 heteroatoms. The van der Waals surface area contributed by atoms with Crippen molar-refractivity contribution in [3.63, 3.8) is 0 Å². The third kappa shape index (κ3) is 3.18. The van der Waals surface area contributed by atoms with E-state index in [0.717, 1.165) is 10.0 Å². The Morgan fingerprint density at radius 2 is 2.11 bits per heavy atom. The normalized spacial score (nSPS) is 10.8. The molecule has 0 atom stereocenters. The Kier molecular flexibility index (Phi) is 4.11. The number of anilines is 1. The van der Waals surface area contributed by atoms with Gasteiger partial charge >= 0.3 is 0 Å². The molecule has 0 aliphatic heterocycles. The van der Waals surface area contributed by atoms with Gasteiger partial charge in [-0.2, -0.15) is 10.2 Å². The maximum atomic E-state index is 11.2. The summed E-state index contributed by atoms with van der Waals surface area (Å²) < 4.78 is 0.995. The summed E-state index contributed by atoms with van der Waals surface area (Å²) in [5.74, 6) is 0. The van der Waals surface area contributed by atoms with Crippen LogP contribution in [-0.2, 0) is 0 Å². The molecule has 0 bridgehead atoms. The van der Waals surface area contributed by atoms with Crippen LogP contribution >= 0.6 is 27.5 Å². The first-order valence-electron chi connectivity index (χ1n) is 4.94. The zero-order chi connectivity index (χ0) is 13.0. The van der Waals surface area contributed by atoms with Gasteiger partial charge in [-0.1, -0.05) is 39.7 Å². The van der Waals surface area contributed by atoms with E-state index in [9.17, 15) is 4.79 Å². The van der Waals surface area contributed by atoms with Gasteiger partial charge in [0.05, 0.1) is 12.4 Å². The van der Waals surface area contributed by atoms with Crippen molar-refractivity contribution >= 4 is 39.4 Å². The number of rotatable bonds is 3. The molecule has 0 amide bonds. The van der Waals surface area contributed by atoms with Crippen LogP contribution in [-0.4, -0.2) is 16.4 Å². The van der Waals surface area contributed by atoms with Crippen molar-refractivity contribution in [3.05, 3.63) is 55.9 Å². The number of nitrogens with zero attached hydrogens (tertiary/aromatic N) is 2. The lowest BCUT2D eigenvalue weighted by molar-refractivity contribution is 0.987. The molecule has 0 spiro atoms. The zero-order valence-corrected chi connectivity index (χ0v) is 11.4. The van der Waals surface area contributed by atoms with Crippen LogP contribution in [0.2, 0.25) is 5.02 Å². The molecule has 2 aromatic rings. The largest absolute Gasteiger partial charge is 0.285 e. The second-order valence-corrected chi connectivity index (χ2v) is 4.64. The molecule has 2 rings (SSSR count). The predicted octanol–water partition coefficient (Wildman–Crippen LogP) is 2.63. The minimum Gasteiger partial charge on any atom is -0.275 e. The van der Waals surface area contributed by atoms with E-state index in [0.29, 0.717) is 5.69 Å². The second-order valence-electron chi connectivity index (χ2n) is 3.35. The summed E-state index contributed by atoms with van der Waals surface area (Å²) in [4.78, 5) is 11.2. The number of benzene rings is 1. The first-order chi connectivity index (χ1) is 8.66. The fraction of sp³-hybridized carbons (Fsp3) is 0. The van der Waals surface area contributed by atoms with Gasteiger partial charge in [0.25, 0.3) is 5.56 Å². The van der Waals surface area contributed by atoms with Crippen molar-refractivity contribution in [2.45, 2.75) is 0 Å². The topological polar surface area (TPSA) is 70.1 Å². The highest BCUT2D eigenvalue weighted by molar-refractivity contribution is 9.10. The average molecular weight is 328 g/mol. The van der Waals surface area contributed by atoms with Crippen molar-refractivity contribution in [1.82, 2.24) is 10.2 Å². The minimum absolute atomic E-state index is 0.0259. The Hall–Kier alpha value is -1.66. The molecule has 92 valence electrons. The van der Waals surface area contributed by atoms with Gasteiger partial charge in [-0.25, -0.2) is 5.10 Å². The molecule has 0 aliphatic rings. The quantitative estimate of drug-likeness (QED) is 0.672. The van der Waals surface area contributed by atoms with Gasteiger partial charge in [0.15, 0.2) is 0 Å². The van der Waals surface area contributed by atoms with E-state index < -0.39 is 5.56 Å². The van der Waals surface area contributed by atoms with Crippen molar-refractivity contribution in [3.8, 4) is 0 Å². The van der Waals surface area contributed by atoms with Crippen LogP contribution in [0.1, 0.15) is 5.56 Å². The number of hydrazone groups is 1. The Morgan fingerprint density at radius 3 is 2.83 bits per heavy atom. The van der Waals surface area contributed by atoms with E-state index in [4.69, 9.17) is 11.6 Å². The van der Waals surface area contributed by atoms with Crippen LogP contribution in [0.5, 0.6) is 0 Å². The lowest BCUT2D eigenvalue weighted by Crippen LogP contribution is -2.10. The van der Waals surface area contributed by atoms with Crippen molar-refractivity contribution < 1.29 is 0 Å². The van der Waals surface area contributed by atoms with Gasteiger partial charge in [0.1, 0.15) is 10.7 Å². The molecule has 18 heavy (non-hydrogen) atoms. The predicted molar refractivity (Wildman–Crippen MR) is 75.2 cm³/mol. The number of H-pyrrole nitrogens is 1. The van der Waals surface area contributed by atoms with Crippen LogP contribution < -0.4 is 11.0 Å². The van der Waals surface area contributed by atoms with Gasteiger partial charge in [-0.15, -0.1) is 0 Å². The van der Waals surface area contributed by atoms with Crippen LogP contribution in [0.25, 0.3) is 0 Å². The number of aromatic nitrogens is 2. The van der Waals surface area contributed by atoms with Gasteiger partial charge in [-0.3, -0.25) is 10.2 Å². The van der Waals surface area contributed by atoms with E-state index in [-0.39, 0.29) is 5.02 Å². The fourth-order valence-corrected chi connectivity index (χ4v) is 1.58. The Bertz CT molecular complexity index is 624. The van der Waals surface area contributed by atoms with E-state index >= 15 is 0 Å². The number of hydrogen-bond donors (Lipinski definition) is 2. The fourth-order valence-electron chi connectivity index (χ4n) is 1.19. The summed E-state index contributed by atoms with van der Waals surface area (Å²) in [6.07, 6.45) is 3.01. The third-order valence-electron chi connectivity index (χ3n) is 2.06. The summed E-state index contributed by atoms with van der Waals surface area (Å²) >= 11 is 9.11. The van der Waals surface area contributed by atoms with E-state index in [2.05, 4.69) is 36.7 Å². The molecule has 0 saturated heterocycles. The number of aromatic amines is 1. The van der Waals surface area contributed by atoms with Gasteiger partial charge in [0.2, 0.25) is 0 Å². The summed E-state index contributed by atoms with van der Waals surface area (Å²) in [6, 6.07) is 7.60. The maximum absolute atomic E-state index is 11.2. The van der Waals surface area contributed by atoms with Crippen molar-refractivity contribution in [2.75, 3.05) is 5.43 Å². The van der Waals surface area contributed by atoms with Crippen LogP contribution in [0, 0.1) is 0 Å². The molecule has 0 unspecified atom stereocenters. The second kappa shape index (κ2) is 5.79.